The molecule has 1 aliphatic rings. The summed E-state index contributed by atoms with van der Waals surface area (Å²) >= 11 is 12.6. The third kappa shape index (κ3) is 4.85. The van der Waals surface area contributed by atoms with Crippen LogP contribution in [-0.4, -0.2) is 36.2 Å². The molecular weight excluding hydrogens is 442 g/mol. The van der Waals surface area contributed by atoms with Gasteiger partial charge in [0.1, 0.15) is 5.75 Å². The zero-order valence-electron chi connectivity index (χ0n) is 16.0. The number of rotatable bonds is 5. The van der Waals surface area contributed by atoms with Crippen molar-refractivity contribution in [2.24, 2.45) is 5.92 Å². The lowest BCUT2D eigenvalue weighted by molar-refractivity contribution is -0.143. The second kappa shape index (κ2) is 9.04. The normalized spacial score (nSPS) is 17.0. The number of alkyl halides is 3. The molecule has 0 saturated carbocycles. The molecule has 0 aliphatic carbocycles. The summed E-state index contributed by atoms with van der Waals surface area (Å²) in [5.41, 5.74) is 0.0224. The molecule has 1 heterocycles. The summed E-state index contributed by atoms with van der Waals surface area (Å²) in [6.07, 6.45) is -3.77. The van der Waals surface area contributed by atoms with Crippen molar-refractivity contribution in [1.82, 2.24) is 4.90 Å². The molecule has 0 amide bonds. The number of ether oxygens (including phenoxy) is 1. The quantitative estimate of drug-likeness (QED) is 0.601. The van der Waals surface area contributed by atoms with Gasteiger partial charge in [-0.2, -0.15) is 13.2 Å². The van der Waals surface area contributed by atoms with Gasteiger partial charge in [0.05, 0.1) is 24.6 Å². The molecule has 162 valence electrons. The fraction of sp³-hybridized carbons (Fsp3) is 0.381. The molecule has 9 heteroatoms. The second-order valence-electron chi connectivity index (χ2n) is 7.17. The smallest absolute Gasteiger partial charge is 0.416 e. The Hall–Kier alpha value is -1.96. The van der Waals surface area contributed by atoms with Gasteiger partial charge < -0.3 is 9.84 Å². The molecule has 0 spiro atoms. The van der Waals surface area contributed by atoms with Gasteiger partial charge in [0.25, 0.3) is 0 Å². The van der Waals surface area contributed by atoms with Crippen LogP contribution >= 0.6 is 23.2 Å². The average molecular weight is 462 g/mol. The molecule has 1 saturated heterocycles. The van der Waals surface area contributed by atoms with Gasteiger partial charge in [-0.25, -0.2) is 0 Å². The molecule has 0 aromatic heterocycles. The summed E-state index contributed by atoms with van der Waals surface area (Å²) in [4.78, 5) is 13.2. The Morgan fingerprint density at radius 2 is 1.80 bits per heavy atom. The summed E-state index contributed by atoms with van der Waals surface area (Å²) in [5.74, 6) is -0.901. The minimum Gasteiger partial charge on any atom is -0.496 e. The molecule has 30 heavy (non-hydrogen) atoms. The summed E-state index contributed by atoms with van der Waals surface area (Å²) in [6.45, 7) is 0.758. The summed E-state index contributed by atoms with van der Waals surface area (Å²) in [7, 11) is 1.47. The van der Waals surface area contributed by atoms with Gasteiger partial charge in [0, 0.05) is 15.6 Å². The molecule has 3 rings (SSSR count). The fourth-order valence-electron chi connectivity index (χ4n) is 3.81. The number of piperidine rings is 1. The Kier molecular flexibility index (Phi) is 6.84. The van der Waals surface area contributed by atoms with Gasteiger partial charge in [-0.3, -0.25) is 9.69 Å². The lowest BCUT2D eigenvalue weighted by Gasteiger charge is -2.38. The van der Waals surface area contributed by atoms with E-state index >= 15 is 0 Å². The number of methoxy groups -OCH3 is 1. The molecular formula is C21H20Cl2F3NO3. The van der Waals surface area contributed by atoms with Crippen LogP contribution in [0.15, 0.2) is 36.4 Å². The number of carboxylic acid groups (broad SMARTS) is 1. The Bertz CT molecular complexity index is 928. The van der Waals surface area contributed by atoms with E-state index in [4.69, 9.17) is 27.9 Å². The number of halogens is 5. The van der Waals surface area contributed by atoms with Crippen LogP contribution in [0.2, 0.25) is 10.0 Å². The molecule has 4 nitrogen and oxygen atoms in total. The average Bonchev–Trinajstić information content (AvgIpc) is 2.69. The first-order valence-corrected chi connectivity index (χ1v) is 10.0. The molecule has 1 N–H and O–H groups in total. The van der Waals surface area contributed by atoms with Crippen molar-refractivity contribution in [1.29, 1.82) is 0 Å². The number of aliphatic carboxylic acids is 1. The molecule has 0 radical (unpaired) electrons. The first-order chi connectivity index (χ1) is 14.1. The van der Waals surface area contributed by atoms with Gasteiger partial charge in [-0.1, -0.05) is 23.2 Å². The molecule has 1 atom stereocenters. The summed E-state index contributed by atoms with van der Waals surface area (Å²) in [6, 6.07) is 7.45. The van der Waals surface area contributed by atoms with Crippen LogP contribution in [0.3, 0.4) is 0 Å². The number of nitrogens with zero attached hydrogens (tertiary/aromatic N) is 1. The van der Waals surface area contributed by atoms with E-state index in [1.165, 1.54) is 13.2 Å². The molecule has 1 fully saturated rings. The lowest BCUT2D eigenvalue weighted by Crippen LogP contribution is -2.39. The van der Waals surface area contributed by atoms with Gasteiger partial charge in [-0.15, -0.1) is 0 Å². The standard InChI is InChI=1S/C21H20Cl2F3NO3/c1-30-18-5-3-14(22)11-16(18)19(27-8-6-12(7-9-27)20(28)29)15-10-13(21(24,25)26)2-4-17(15)23/h2-5,10-12,19H,6-9H2,1H3,(H,28,29). The summed E-state index contributed by atoms with van der Waals surface area (Å²) in [5, 5.41) is 9.86. The number of hydrogen-bond donors (Lipinski definition) is 1. The Morgan fingerprint density at radius 3 is 2.37 bits per heavy atom. The maximum Gasteiger partial charge on any atom is 0.416 e. The number of carboxylic acids is 1. The van der Waals surface area contributed by atoms with Crippen molar-refractivity contribution >= 4 is 29.2 Å². The predicted octanol–water partition coefficient (Wildman–Crippen LogP) is 5.91. The zero-order chi connectivity index (χ0) is 22.1. The first-order valence-electron chi connectivity index (χ1n) is 9.28. The van der Waals surface area contributed by atoms with E-state index in [9.17, 15) is 23.1 Å². The minimum atomic E-state index is -4.53. The summed E-state index contributed by atoms with van der Waals surface area (Å²) < 4.78 is 45.6. The van der Waals surface area contributed by atoms with E-state index in [-0.39, 0.29) is 10.6 Å². The van der Waals surface area contributed by atoms with Crippen molar-refractivity contribution in [3.8, 4) is 5.75 Å². The predicted molar refractivity (Wildman–Crippen MR) is 108 cm³/mol. The maximum absolute atomic E-state index is 13.4. The number of likely N-dealkylation sites (tertiary alicyclic amines) is 1. The van der Waals surface area contributed by atoms with E-state index in [0.717, 1.165) is 12.1 Å². The van der Waals surface area contributed by atoms with Gasteiger partial charge in [0.15, 0.2) is 0 Å². The van der Waals surface area contributed by atoms with Crippen LogP contribution in [0.25, 0.3) is 0 Å². The van der Waals surface area contributed by atoms with E-state index in [2.05, 4.69) is 0 Å². The van der Waals surface area contributed by atoms with Crippen molar-refractivity contribution in [2.75, 3.05) is 20.2 Å². The number of benzene rings is 2. The highest BCUT2D eigenvalue weighted by atomic mass is 35.5. The van der Waals surface area contributed by atoms with Crippen LogP contribution in [-0.2, 0) is 11.0 Å². The molecule has 2 aromatic rings. The van der Waals surface area contributed by atoms with Crippen LogP contribution in [0.4, 0.5) is 13.2 Å². The molecule has 2 aromatic carbocycles. The third-order valence-corrected chi connectivity index (χ3v) is 5.93. The van der Waals surface area contributed by atoms with Crippen LogP contribution in [0.1, 0.15) is 35.6 Å². The number of hydrogen-bond acceptors (Lipinski definition) is 3. The van der Waals surface area contributed by atoms with E-state index in [1.807, 2.05) is 4.90 Å². The van der Waals surface area contributed by atoms with Crippen molar-refractivity contribution in [3.05, 3.63) is 63.1 Å². The van der Waals surface area contributed by atoms with Gasteiger partial charge in [0.2, 0.25) is 0 Å². The van der Waals surface area contributed by atoms with Crippen LogP contribution < -0.4 is 4.74 Å². The monoisotopic (exact) mass is 461 g/mol. The number of carbonyl (C=O) groups is 1. The Labute approximate surface area is 182 Å². The van der Waals surface area contributed by atoms with Gasteiger partial charge >= 0.3 is 12.1 Å². The van der Waals surface area contributed by atoms with Crippen molar-refractivity contribution in [3.63, 3.8) is 0 Å². The van der Waals surface area contributed by atoms with Crippen LogP contribution in [0, 0.1) is 5.92 Å². The molecule has 0 bridgehead atoms. The van der Waals surface area contributed by atoms with Crippen molar-refractivity contribution < 1.29 is 27.8 Å². The van der Waals surface area contributed by atoms with E-state index in [0.29, 0.717) is 42.3 Å². The highest BCUT2D eigenvalue weighted by Crippen LogP contribution is 2.42. The third-order valence-electron chi connectivity index (χ3n) is 5.35. The highest BCUT2D eigenvalue weighted by molar-refractivity contribution is 6.31. The lowest BCUT2D eigenvalue weighted by atomic mass is 9.90. The fourth-order valence-corrected chi connectivity index (χ4v) is 4.22. The van der Waals surface area contributed by atoms with E-state index in [1.54, 1.807) is 18.2 Å². The largest absolute Gasteiger partial charge is 0.496 e. The van der Waals surface area contributed by atoms with Crippen molar-refractivity contribution in [2.45, 2.75) is 25.1 Å². The Balaban J connectivity index is 2.12. The molecule has 1 aliphatic heterocycles. The van der Waals surface area contributed by atoms with Crippen LogP contribution in [0.5, 0.6) is 5.75 Å². The first kappa shape index (κ1) is 22.7. The molecule has 1 unspecified atom stereocenters. The van der Waals surface area contributed by atoms with Gasteiger partial charge in [-0.05, 0) is 67.9 Å². The highest BCUT2D eigenvalue weighted by Gasteiger charge is 2.36. The SMILES string of the molecule is COc1ccc(Cl)cc1C(c1cc(C(F)(F)F)ccc1Cl)N1CCC(C(=O)O)CC1. The zero-order valence-corrected chi connectivity index (χ0v) is 17.6. The topological polar surface area (TPSA) is 49.8 Å². The van der Waals surface area contributed by atoms with E-state index < -0.39 is 29.7 Å². The minimum absolute atomic E-state index is 0.176. The Morgan fingerprint density at radius 1 is 1.13 bits per heavy atom. The second-order valence-corrected chi connectivity index (χ2v) is 8.01. The maximum atomic E-state index is 13.4.